The van der Waals surface area contributed by atoms with E-state index in [4.69, 9.17) is 16.3 Å². The van der Waals surface area contributed by atoms with Crippen molar-refractivity contribution < 1.29 is 4.74 Å². The molecule has 18 heavy (non-hydrogen) atoms. The lowest BCUT2D eigenvalue weighted by atomic mass is 10.3. The van der Waals surface area contributed by atoms with Crippen LogP contribution < -0.4 is 4.90 Å². The van der Waals surface area contributed by atoms with Crippen molar-refractivity contribution in [3.8, 4) is 0 Å². The van der Waals surface area contributed by atoms with Gasteiger partial charge in [0.1, 0.15) is 5.82 Å². The summed E-state index contributed by atoms with van der Waals surface area (Å²) in [5, 5.41) is 0.703. The second-order valence-corrected chi connectivity index (χ2v) is 5.60. The quantitative estimate of drug-likeness (QED) is 0.844. The van der Waals surface area contributed by atoms with Crippen molar-refractivity contribution >= 4 is 33.3 Å². The zero-order chi connectivity index (χ0) is 13.0. The maximum Gasteiger partial charge on any atom is 0.147 e. The Labute approximate surface area is 121 Å². The normalized spacial score (nSPS) is 17.2. The summed E-state index contributed by atoms with van der Waals surface area (Å²) in [6.07, 6.45) is 1.79. The molecule has 0 unspecified atom stereocenters. The van der Waals surface area contributed by atoms with Gasteiger partial charge in [-0.3, -0.25) is 4.90 Å². The lowest BCUT2D eigenvalue weighted by Gasteiger charge is -2.35. The Bertz CT molecular complexity index is 397. The molecule has 0 N–H and O–H groups in total. The summed E-state index contributed by atoms with van der Waals surface area (Å²) < 4.78 is 6.01. The number of piperazine rings is 1. The van der Waals surface area contributed by atoms with Gasteiger partial charge in [0.2, 0.25) is 0 Å². The van der Waals surface area contributed by atoms with Crippen molar-refractivity contribution in [1.29, 1.82) is 0 Å². The molecular formula is C12H17BrClN3O. The lowest BCUT2D eigenvalue weighted by molar-refractivity contribution is 0.144. The second-order valence-electron chi connectivity index (χ2n) is 4.28. The number of hydrogen-bond donors (Lipinski definition) is 0. The first kappa shape index (κ1) is 14.1. The van der Waals surface area contributed by atoms with E-state index in [1.54, 1.807) is 13.3 Å². The van der Waals surface area contributed by atoms with Crippen LogP contribution in [-0.2, 0) is 4.74 Å². The standard InChI is InChI=1S/C12H17BrClN3O/c1-18-7-6-16-2-4-17(5-3-16)12-11(14)8-10(13)9-15-12/h8-9H,2-7H2,1H3. The van der Waals surface area contributed by atoms with Gasteiger partial charge in [0.15, 0.2) is 0 Å². The highest BCUT2D eigenvalue weighted by atomic mass is 79.9. The molecule has 2 heterocycles. The third-order valence-electron chi connectivity index (χ3n) is 3.07. The van der Waals surface area contributed by atoms with E-state index in [1.165, 1.54) is 0 Å². The minimum absolute atomic E-state index is 0.703. The van der Waals surface area contributed by atoms with Crippen LogP contribution in [0.4, 0.5) is 5.82 Å². The van der Waals surface area contributed by atoms with Crippen molar-refractivity contribution in [2.45, 2.75) is 0 Å². The van der Waals surface area contributed by atoms with Crippen molar-refractivity contribution in [3.63, 3.8) is 0 Å². The number of nitrogens with zero attached hydrogens (tertiary/aromatic N) is 3. The van der Waals surface area contributed by atoms with Crippen LogP contribution in [0.5, 0.6) is 0 Å². The summed E-state index contributed by atoms with van der Waals surface area (Å²) in [7, 11) is 1.74. The Morgan fingerprint density at radius 2 is 2.11 bits per heavy atom. The molecule has 2 rings (SSSR count). The van der Waals surface area contributed by atoms with E-state index in [1.807, 2.05) is 6.07 Å². The average molecular weight is 335 g/mol. The van der Waals surface area contributed by atoms with Crippen LogP contribution >= 0.6 is 27.5 Å². The summed E-state index contributed by atoms with van der Waals surface area (Å²) >= 11 is 9.59. The van der Waals surface area contributed by atoms with E-state index < -0.39 is 0 Å². The van der Waals surface area contributed by atoms with Crippen molar-refractivity contribution in [3.05, 3.63) is 21.8 Å². The van der Waals surface area contributed by atoms with E-state index >= 15 is 0 Å². The van der Waals surface area contributed by atoms with Gasteiger partial charge in [-0.05, 0) is 22.0 Å². The number of halogens is 2. The lowest BCUT2D eigenvalue weighted by Crippen LogP contribution is -2.47. The summed E-state index contributed by atoms with van der Waals surface area (Å²) in [5.41, 5.74) is 0. The third kappa shape index (κ3) is 3.57. The molecule has 1 aromatic rings. The molecule has 0 amide bonds. The zero-order valence-corrected chi connectivity index (χ0v) is 12.7. The molecule has 0 bridgehead atoms. The first-order valence-electron chi connectivity index (χ1n) is 5.98. The first-order valence-corrected chi connectivity index (χ1v) is 7.15. The maximum atomic E-state index is 6.22. The molecular weight excluding hydrogens is 318 g/mol. The van der Waals surface area contributed by atoms with Crippen LogP contribution in [0.1, 0.15) is 0 Å². The molecule has 0 saturated carbocycles. The largest absolute Gasteiger partial charge is 0.383 e. The highest BCUT2D eigenvalue weighted by Gasteiger charge is 2.19. The zero-order valence-electron chi connectivity index (χ0n) is 10.4. The van der Waals surface area contributed by atoms with Gasteiger partial charge in [-0.25, -0.2) is 4.98 Å². The third-order valence-corrected chi connectivity index (χ3v) is 3.78. The molecule has 6 heteroatoms. The van der Waals surface area contributed by atoms with Gasteiger partial charge in [0, 0.05) is 50.5 Å². The molecule has 4 nitrogen and oxygen atoms in total. The van der Waals surface area contributed by atoms with Crippen LogP contribution in [0.15, 0.2) is 16.7 Å². The Hall–Kier alpha value is -0.360. The molecule has 1 aromatic heterocycles. The van der Waals surface area contributed by atoms with Crippen LogP contribution in [-0.4, -0.2) is 56.3 Å². The highest BCUT2D eigenvalue weighted by molar-refractivity contribution is 9.10. The fourth-order valence-electron chi connectivity index (χ4n) is 2.04. The fourth-order valence-corrected chi connectivity index (χ4v) is 2.79. The molecule has 0 aromatic carbocycles. The second kappa shape index (κ2) is 6.70. The van der Waals surface area contributed by atoms with Crippen LogP contribution in [0.25, 0.3) is 0 Å². The highest BCUT2D eigenvalue weighted by Crippen LogP contribution is 2.26. The van der Waals surface area contributed by atoms with Crippen molar-refractivity contribution in [2.75, 3.05) is 51.3 Å². The van der Waals surface area contributed by atoms with E-state index in [0.29, 0.717) is 5.02 Å². The van der Waals surface area contributed by atoms with Gasteiger partial charge in [0.05, 0.1) is 11.6 Å². The van der Waals surface area contributed by atoms with E-state index in [-0.39, 0.29) is 0 Å². The van der Waals surface area contributed by atoms with Crippen molar-refractivity contribution in [2.24, 2.45) is 0 Å². The van der Waals surface area contributed by atoms with E-state index in [2.05, 4.69) is 30.7 Å². The van der Waals surface area contributed by atoms with Gasteiger partial charge >= 0.3 is 0 Å². The Morgan fingerprint density at radius 3 is 2.72 bits per heavy atom. The van der Waals surface area contributed by atoms with Gasteiger partial charge in [-0.2, -0.15) is 0 Å². The van der Waals surface area contributed by atoms with E-state index in [9.17, 15) is 0 Å². The van der Waals surface area contributed by atoms with E-state index in [0.717, 1.165) is 49.6 Å². The molecule has 1 saturated heterocycles. The number of pyridine rings is 1. The minimum Gasteiger partial charge on any atom is -0.383 e. The molecule has 0 atom stereocenters. The molecule has 1 aliphatic heterocycles. The summed E-state index contributed by atoms with van der Waals surface area (Å²) in [5.74, 6) is 0.881. The number of hydrogen-bond acceptors (Lipinski definition) is 4. The van der Waals surface area contributed by atoms with Crippen LogP contribution in [0.2, 0.25) is 5.02 Å². The maximum absolute atomic E-state index is 6.22. The van der Waals surface area contributed by atoms with Crippen LogP contribution in [0.3, 0.4) is 0 Å². The smallest absolute Gasteiger partial charge is 0.147 e. The molecule has 0 radical (unpaired) electrons. The number of anilines is 1. The molecule has 0 aliphatic carbocycles. The molecule has 0 spiro atoms. The molecule has 1 aliphatic rings. The summed E-state index contributed by atoms with van der Waals surface area (Å²) in [4.78, 5) is 9.02. The number of aromatic nitrogens is 1. The number of methoxy groups -OCH3 is 1. The number of rotatable bonds is 4. The van der Waals surface area contributed by atoms with Gasteiger partial charge in [-0.15, -0.1) is 0 Å². The average Bonchev–Trinajstić information content (AvgIpc) is 2.37. The van der Waals surface area contributed by atoms with Gasteiger partial charge in [0.25, 0.3) is 0 Å². The van der Waals surface area contributed by atoms with Gasteiger partial charge in [-0.1, -0.05) is 11.6 Å². The summed E-state index contributed by atoms with van der Waals surface area (Å²) in [6, 6.07) is 1.89. The SMILES string of the molecule is COCCN1CCN(c2ncc(Br)cc2Cl)CC1. The van der Waals surface area contributed by atoms with Crippen molar-refractivity contribution in [1.82, 2.24) is 9.88 Å². The molecule has 100 valence electrons. The van der Waals surface area contributed by atoms with Gasteiger partial charge < -0.3 is 9.64 Å². The Balaban J connectivity index is 1.93. The monoisotopic (exact) mass is 333 g/mol. The Morgan fingerprint density at radius 1 is 1.39 bits per heavy atom. The molecule has 1 fully saturated rings. The minimum atomic E-state index is 0.703. The number of ether oxygens (including phenoxy) is 1. The van der Waals surface area contributed by atoms with Crippen LogP contribution in [0, 0.1) is 0 Å². The first-order chi connectivity index (χ1) is 8.70. The topological polar surface area (TPSA) is 28.6 Å². The fraction of sp³-hybridized carbons (Fsp3) is 0.583. The predicted octanol–water partition coefficient (Wildman–Crippen LogP) is 2.27. The summed E-state index contributed by atoms with van der Waals surface area (Å²) in [6.45, 7) is 5.74. The Kier molecular flexibility index (Phi) is 5.24. The predicted molar refractivity (Wildman–Crippen MR) is 77.5 cm³/mol.